The van der Waals surface area contributed by atoms with Crippen molar-refractivity contribution in [1.29, 1.82) is 0 Å². The highest BCUT2D eigenvalue weighted by Gasteiger charge is 2.25. The van der Waals surface area contributed by atoms with Crippen molar-refractivity contribution in [2.24, 2.45) is 0 Å². The van der Waals surface area contributed by atoms with Crippen LogP contribution in [-0.2, 0) is 6.42 Å². The number of aryl methyl sites for hydroxylation is 1. The van der Waals surface area contributed by atoms with E-state index in [0.29, 0.717) is 0 Å². The summed E-state index contributed by atoms with van der Waals surface area (Å²) in [5, 5.41) is 0. The summed E-state index contributed by atoms with van der Waals surface area (Å²) in [5.74, 6) is 1.78. The smallest absolute Gasteiger partial charge is 0.180 e. The number of aromatic nitrogens is 3. The first-order valence-electron chi connectivity index (χ1n) is 10.7. The van der Waals surface area contributed by atoms with Gasteiger partial charge < -0.3 is 9.80 Å². The molecule has 0 bridgehead atoms. The molecule has 6 nitrogen and oxygen atoms in total. The maximum absolute atomic E-state index is 4.85. The molecule has 0 aromatic carbocycles. The van der Waals surface area contributed by atoms with Crippen LogP contribution in [0, 0.1) is 0 Å². The average molecular weight is 381 g/mol. The molecule has 2 aromatic heterocycles. The van der Waals surface area contributed by atoms with E-state index >= 15 is 0 Å². The quantitative estimate of drug-likeness (QED) is 0.795. The van der Waals surface area contributed by atoms with E-state index in [4.69, 9.17) is 9.97 Å². The van der Waals surface area contributed by atoms with Crippen molar-refractivity contribution in [3.05, 3.63) is 36.2 Å². The van der Waals surface area contributed by atoms with Crippen molar-refractivity contribution in [1.82, 2.24) is 24.8 Å². The molecule has 0 radical (unpaired) electrons. The molecule has 0 saturated carbocycles. The molecule has 2 aromatic rings. The second-order valence-corrected chi connectivity index (χ2v) is 8.03. The van der Waals surface area contributed by atoms with E-state index in [1.165, 1.54) is 32.4 Å². The molecule has 4 heterocycles. The fourth-order valence-corrected chi connectivity index (χ4v) is 4.27. The van der Waals surface area contributed by atoms with Crippen LogP contribution in [0.15, 0.2) is 30.5 Å². The molecular weight excluding hydrogens is 348 g/mol. The third-order valence-electron chi connectivity index (χ3n) is 6.11. The van der Waals surface area contributed by atoms with Gasteiger partial charge in [-0.25, -0.2) is 9.97 Å². The van der Waals surface area contributed by atoms with Crippen molar-refractivity contribution in [2.45, 2.75) is 38.6 Å². The Bertz CT molecular complexity index is 757. The molecule has 150 valence electrons. The van der Waals surface area contributed by atoms with E-state index in [0.717, 1.165) is 61.7 Å². The Morgan fingerprint density at radius 3 is 2.61 bits per heavy atom. The van der Waals surface area contributed by atoms with Gasteiger partial charge in [0, 0.05) is 56.7 Å². The van der Waals surface area contributed by atoms with Gasteiger partial charge in [-0.2, -0.15) is 0 Å². The number of likely N-dealkylation sites (tertiary alicyclic amines) is 1. The molecule has 2 aliphatic heterocycles. The van der Waals surface area contributed by atoms with Gasteiger partial charge in [0.05, 0.1) is 0 Å². The zero-order valence-electron chi connectivity index (χ0n) is 17.2. The molecule has 2 fully saturated rings. The Morgan fingerprint density at radius 1 is 1.04 bits per heavy atom. The zero-order chi connectivity index (χ0) is 19.3. The second kappa shape index (κ2) is 8.97. The molecule has 0 spiro atoms. The van der Waals surface area contributed by atoms with Crippen LogP contribution in [0.2, 0.25) is 0 Å². The van der Waals surface area contributed by atoms with Crippen LogP contribution in [0.3, 0.4) is 0 Å². The fraction of sp³-hybridized carbons (Fsp3) is 0.591. The summed E-state index contributed by atoms with van der Waals surface area (Å²) < 4.78 is 0. The molecule has 2 saturated heterocycles. The summed E-state index contributed by atoms with van der Waals surface area (Å²) in [7, 11) is 2.28. The van der Waals surface area contributed by atoms with Gasteiger partial charge in [-0.1, -0.05) is 19.4 Å². The predicted octanol–water partition coefficient (Wildman–Crippen LogP) is 2.71. The standard InChI is InChI=1S/C22H32N6/c1-3-18-16-21(25-22(24-18)20-9-4-6-10-23-20)28-14-12-27(13-15-28)17-19-8-5-7-11-26(19)2/h4,6,9-10,16,19H,3,5,7-8,11-15,17H2,1-2H3. The molecule has 1 unspecified atom stereocenters. The lowest BCUT2D eigenvalue weighted by molar-refractivity contribution is 0.124. The van der Waals surface area contributed by atoms with Gasteiger partial charge in [0.1, 0.15) is 11.5 Å². The number of piperidine rings is 1. The maximum Gasteiger partial charge on any atom is 0.180 e. The summed E-state index contributed by atoms with van der Waals surface area (Å²) in [4.78, 5) is 21.6. The van der Waals surface area contributed by atoms with Crippen LogP contribution >= 0.6 is 0 Å². The Labute approximate surface area is 168 Å². The minimum Gasteiger partial charge on any atom is -0.354 e. The van der Waals surface area contributed by atoms with Gasteiger partial charge in [-0.05, 0) is 45.0 Å². The number of hydrogen-bond acceptors (Lipinski definition) is 6. The Morgan fingerprint density at radius 2 is 1.89 bits per heavy atom. The minimum atomic E-state index is 0.724. The lowest BCUT2D eigenvalue weighted by Crippen LogP contribution is -2.52. The van der Waals surface area contributed by atoms with Crippen LogP contribution in [-0.4, -0.2) is 77.1 Å². The molecule has 2 aliphatic rings. The SMILES string of the molecule is CCc1cc(N2CCN(CC3CCCCN3C)CC2)nc(-c2ccccn2)n1. The highest BCUT2D eigenvalue weighted by Crippen LogP contribution is 2.21. The van der Waals surface area contributed by atoms with Crippen LogP contribution in [0.25, 0.3) is 11.5 Å². The van der Waals surface area contributed by atoms with Gasteiger partial charge in [0.25, 0.3) is 0 Å². The minimum absolute atomic E-state index is 0.724. The number of likely N-dealkylation sites (N-methyl/N-ethyl adjacent to an activating group) is 1. The molecule has 28 heavy (non-hydrogen) atoms. The van der Waals surface area contributed by atoms with E-state index in [1.54, 1.807) is 6.20 Å². The first-order valence-corrected chi connectivity index (χ1v) is 10.7. The molecule has 0 N–H and O–H groups in total. The number of rotatable bonds is 5. The molecule has 6 heteroatoms. The summed E-state index contributed by atoms with van der Waals surface area (Å²) in [6.45, 7) is 8.86. The van der Waals surface area contributed by atoms with Gasteiger partial charge in [0.15, 0.2) is 5.82 Å². The van der Waals surface area contributed by atoms with E-state index in [2.05, 4.69) is 39.7 Å². The predicted molar refractivity (Wildman–Crippen MR) is 114 cm³/mol. The normalized spacial score (nSPS) is 21.8. The summed E-state index contributed by atoms with van der Waals surface area (Å²) >= 11 is 0. The Kier molecular flexibility index (Phi) is 6.17. The highest BCUT2D eigenvalue weighted by molar-refractivity contribution is 5.54. The molecular formula is C22H32N6. The van der Waals surface area contributed by atoms with Crippen molar-refractivity contribution in [3.63, 3.8) is 0 Å². The summed E-state index contributed by atoms with van der Waals surface area (Å²) in [6.07, 6.45) is 6.79. The van der Waals surface area contributed by atoms with Crippen LogP contribution < -0.4 is 4.90 Å². The number of hydrogen-bond donors (Lipinski definition) is 0. The Balaban J connectivity index is 1.42. The van der Waals surface area contributed by atoms with E-state index < -0.39 is 0 Å². The second-order valence-electron chi connectivity index (χ2n) is 8.03. The topological polar surface area (TPSA) is 48.4 Å². The molecule has 0 amide bonds. The zero-order valence-corrected chi connectivity index (χ0v) is 17.2. The molecule has 1 atom stereocenters. The summed E-state index contributed by atoms with van der Waals surface area (Å²) in [5.41, 5.74) is 1.93. The van der Waals surface area contributed by atoms with Crippen molar-refractivity contribution >= 4 is 5.82 Å². The number of piperazine rings is 1. The number of nitrogens with zero attached hydrogens (tertiary/aromatic N) is 6. The number of pyridine rings is 1. The average Bonchev–Trinajstić information content (AvgIpc) is 2.76. The molecule has 0 aliphatic carbocycles. The van der Waals surface area contributed by atoms with Crippen LogP contribution in [0.5, 0.6) is 0 Å². The monoisotopic (exact) mass is 380 g/mol. The first kappa shape index (κ1) is 19.3. The first-order chi connectivity index (χ1) is 13.7. The van der Waals surface area contributed by atoms with Crippen molar-refractivity contribution in [3.8, 4) is 11.5 Å². The number of anilines is 1. The Hall–Kier alpha value is -2.05. The lowest BCUT2D eigenvalue weighted by Gasteiger charge is -2.40. The lowest BCUT2D eigenvalue weighted by atomic mass is 10.0. The third kappa shape index (κ3) is 4.50. The summed E-state index contributed by atoms with van der Waals surface area (Å²) in [6, 6.07) is 8.78. The van der Waals surface area contributed by atoms with E-state index in [9.17, 15) is 0 Å². The van der Waals surface area contributed by atoms with Crippen molar-refractivity contribution < 1.29 is 0 Å². The largest absolute Gasteiger partial charge is 0.354 e. The van der Waals surface area contributed by atoms with Gasteiger partial charge in [0.2, 0.25) is 0 Å². The van der Waals surface area contributed by atoms with Crippen molar-refractivity contribution in [2.75, 3.05) is 51.2 Å². The van der Waals surface area contributed by atoms with Gasteiger partial charge in [-0.3, -0.25) is 9.88 Å². The maximum atomic E-state index is 4.85. The van der Waals surface area contributed by atoms with Crippen LogP contribution in [0.4, 0.5) is 5.82 Å². The van der Waals surface area contributed by atoms with Gasteiger partial charge >= 0.3 is 0 Å². The third-order valence-corrected chi connectivity index (χ3v) is 6.11. The molecule has 4 rings (SSSR count). The van der Waals surface area contributed by atoms with Crippen LogP contribution in [0.1, 0.15) is 31.9 Å². The van der Waals surface area contributed by atoms with E-state index in [-0.39, 0.29) is 0 Å². The van der Waals surface area contributed by atoms with Gasteiger partial charge in [-0.15, -0.1) is 0 Å². The highest BCUT2D eigenvalue weighted by atomic mass is 15.3. The van der Waals surface area contributed by atoms with E-state index in [1.807, 2.05) is 18.2 Å². The fourth-order valence-electron chi connectivity index (χ4n) is 4.27.